The Bertz CT molecular complexity index is 457. The molecule has 2 heterocycles. The van der Waals surface area contributed by atoms with Crippen molar-refractivity contribution in [3.05, 3.63) is 5.89 Å². The average molecular weight is 295 g/mol. The van der Waals surface area contributed by atoms with Gasteiger partial charge in [0.2, 0.25) is 11.8 Å². The van der Waals surface area contributed by atoms with Crippen molar-refractivity contribution in [3.63, 3.8) is 0 Å². The summed E-state index contributed by atoms with van der Waals surface area (Å²) in [6, 6.07) is 0. The summed E-state index contributed by atoms with van der Waals surface area (Å²) in [5.41, 5.74) is 0. The molecule has 2 fully saturated rings. The molecule has 0 atom stereocenters. The predicted molar refractivity (Wildman–Crippen MR) is 76.2 cm³/mol. The third-order valence-corrected chi connectivity index (χ3v) is 5.16. The van der Waals surface area contributed by atoms with Gasteiger partial charge in [0.1, 0.15) is 0 Å². The fraction of sp³-hybridized carbons (Fsp3) is 0.786. The lowest BCUT2D eigenvalue weighted by Gasteiger charge is -2.19. The fourth-order valence-corrected chi connectivity index (χ4v) is 3.90. The third kappa shape index (κ3) is 3.53. The molecule has 20 heavy (non-hydrogen) atoms. The molecule has 1 amide bonds. The molecule has 6 heteroatoms. The van der Waals surface area contributed by atoms with Crippen LogP contribution < -0.4 is 0 Å². The first-order valence-electron chi connectivity index (χ1n) is 7.54. The summed E-state index contributed by atoms with van der Waals surface area (Å²) >= 11 is 1.66. The van der Waals surface area contributed by atoms with Gasteiger partial charge in [0.15, 0.2) is 0 Å². The van der Waals surface area contributed by atoms with Crippen LogP contribution in [-0.4, -0.2) is 33.3 Å². The molecular weight excluding hydrogens is 274 g/mol. The quantitative estimate of drug-likeness (QED) is 0.782. The average Bonchev–Trinajstić information content (AvgIpc) is 3.08. The molecule has 3 rings (SSSR count). The first-order valence-corrected chi connectivity index (χ1v) is 8.53. The Labute approximate surface area is 123 Å². The number of aromatic nitrogens is 2. The lowest BCUT2D eigenvalue weighted by atomic mass is 9.91. The summed E-state index contributed by atoms with van der Waals surface area (Å²) in [6.45, 7) is 1.28. The maximum absolute atomic E-state index is 11.5. The lowest BCUT2D eigenvalue weighted by Crippen LogP contribution is -2.23. The van der Waals surface area contributed by atoms with Gasteiger partial charge in [0, 0.05) is 18.7 Å². The second-order valence-corrected chi connectivity index (χ2v) is 6.67. The smallest absolute Gasteiger partial charge is 0.276 e. The van der Waals surface area contributed by atoms with Crippen LogP contribution in [0.1, 0.15) is 50.8 Å². The Hall–Kier alpha value is -1.04. The van der Waals surface area contributed by atoms with Crippen LogP contribution >= 0.6 is 11.8 Å². The van der Waals surface area contributed by atoms with Gasteiger partial charge in [-0.25, -0.2) is 0 Å². The number of rotatable bonds is 5. The normalized spacial score (nSPS) is 20.8. The lowest BCUT2D eigenvalue weighted by molar-refractivity contribution is -0.128. The van der Waals surface area contributed by atoms with Gasteiger partial charge in [0.25, 0.3) is 5.22 Å². The van der Waals surface area contributed by atoms with Crippen LogP contribution in [-0.2, 0) is 11.3 Å². The van der Waals surface area contributed by atoms with E-state index in [9.17, 15) is 4.79 Å². The number of hydrogen-bond acceptors (Lipinski definition) is 5. The molecule has 1 aromatic rings. The largest absolute Gasteiger partial charge is 0.414 e. The maximum atomic E-state index is 11.5. The molecule has 1 saturated heterocycles. The van der Waals surface area contributed by atoms with Gasteiger partial charge >= 0.3 is 0 Å². The van der Waals surface area contributed by atoms with Crippen LogP contribution in [0.3, 0.4) is 0 Å². The van der Waals surface area contributed by atoms with E-state index < -0.39 is 0 Å². The zero-order chi connectivity index (χ0) is 13.8. The van der Waals surface area contributed by atoms with Crippen LogP contribution in [0.2, 0.25) is 0 Å². The van der Waals surface area contributed by atoms with Crippen molar-refractivity contribution in [1.82, 2.24) is 15.1 Å². The standard InChI is InChI=1S/C14H21N3O2S/c18-13-7-4-8-17(13)9-12-15-16-14(19-12)20-10-11-5-2-1-3-6-11/h11H,1-10H2. The first kappa shape index (κ1) is 13.9. The number of thioether (sulfide) groups is 1. The number of carbonyl (C=O) groups is 1. The van der Waals surface area contributed by atoms with E-state index in [1.165, 1.54) is 32.1 Å². The minimum atomic E-state index is 0.194. The molecule has 0 radical (unpaired) electrons. The zero-order valence-electron chi connectivity index (χ0n) is 11.7. The molecule has 1 aliphatic heterocycles. The zero-order valence-corrected chi connectivity index (χ0v) is 12.5. The highest BCUT2D eigenvalue weighted by Crippen LogP contribution is 2.29. The van der Waals surface area contributed by atoms with E-state index >= 15 is 0 Å². The molecule has 0 N–H and O–H groups in total. The van der Waals surface area contributed by atoms with E-state index in [1.54, 1.807) is 16.7 Å². The molecule has 1 aromatic heterocycles. The van der Waals surface area contributed by atoms with Crippen molar-refractivity contribution in [1.29, 1.82) is 0 Å². The summed E-state index contributed by atoms with van der Waals surface area (Å²) in [7, 11) is 0. The summed E-state index contributed by atoms with van der Waals surface area (Å²) < 4.78 is 5.63. The summed E-state index contributed by atoms with van der Waals surface area (Å²) in [5.74, 6) is 2.62. The summed E-state index contributed by atoms with van der Waals surface area (Å²) in [6.07, 6.45) is 8.35. The maximum Gasteiger partial charge on any atom is 0.276 e. The van der Waals surface area contributed by atoms with E-state index in [1.807, 2.05) is 0 Å². The molecule has 1 saturated carbocycles. The molecule has 1 aliphatic carbocycles. The van der Waals surface area contributed by atoms with Crippen molar-refractivity contribution in [2.45, 2.75) is 56.7 Å². The fourth-order valence-electron chi connectivity index (χ4n) is 2.94. The highest BCUT2D eigenvalue weighted by molar-refractivity contribution is 7.99. The minimum Gasteiger partial charge on any atom is -0.414 e. The molecule has 0 unspecified atom stereocenters. The number of carbonyl (C=O) groups excluding carboxylic acids is 1. The van der Waals surface area contributed by atoms with Gasteiger partial charge in [-0.3, -0.25) is 4.79 Å². The summed E-state index contributed by atoms with van der Waals surface area (Å²) in [5, 5.41) is 8.77. The topological polar surface area (TPSA) is 59.2 Å². The van der Waals surface area contributed by atoms with Crippen molar-refractivity contribution in [2.24, 2.45) is 5.92 Å². The van der Waals surface area contributed by atoms with Crippen LogP contribution in [0.15, 0.2) is 9.64 Å². The van der Waals surface area contributed by atoms with Gasteiger partial charge in [-0.2, -0.15) is 0 Å². The number of nitrogens with zero attached hydrogens (tertiary/aromatic N) is 3. The second kappa shape index (κ2) is 6.61. The highest BCUT2D eigenvalue weighted by Gasteiger charge is 2.22. The van der Waals surface area contributed by atoms with Crippen LogP contribution in [0.4, 0.5) is 0 Å². The predicted octanol–water partition coefficient (Wildman–Crippen LogP) is 2.86. The van der Waals surface area contributed by atoms with Crippen molar-refractivity contribution >= 4 is 17.7 Å². The third-order valence-electron chi connectivity index (χ3n) is 4.11. The van der Waals surface area contributed by atoms with Gasteiger partial charge < -0.3 is 9.32 Å². The van der Waals surface area contributed by atoms with Crippen molar-refractivity contribution < 1.29 is 9.21 Å². The first-order chi connectivity index (χ1) is 9.81. The molecule has 2 aliphatic rings. The Balaban J connectivity index is 1.47. The van der Waals surface area contributed by atoms with Crippen LogP contribution in [0.25, 0.3) is 0 Å². The van der Waals surface area contributed by atoms with E-state index in [-0.39, 0.29) is 5.91 Å². The van der Waals surface area contributed by atoms with Gasteiger partial charge in [0.05, 0.1) is 6.54 Å². The van der Waals surface area contributed by atoms with Gasteiger partial charge in [-0.15, -0.1) is 10.2 Å². The Morgan fingerprint density at radius 2 is 2.05 bits per heavy atom. The van der Waals surface area contributed by atoms with E-state index in [0.29, 0.717) is 24.1 Å². The van der Waals surface area contributed by atoms with Crippen LogP contribution in [0.5, 0.6) is 0 Å². The monoisotopic (exact) mass is 295 g/mol. The van der Waals surface area contributed by atoms with E-state index in [0.717, 1.165) is 24.6 Å². The van der Waals surface area contributed by atoms with Crippen molar-refractivity contribution in [2.75, 3.05) is 12.3 Å². The number of amides is 1. The van der Waals surface area contributed by atoms with Gasteiger partial charge in [-0.1, -0.05) is 31.0 Å². The Morgan fingerprint density at radius 1 is 1.20 bits per heavy atom. The molecule has 5 nitrogen and oxygen atoms in total. The molecule has 0 aromatic carbocycles. The number of likely N-dealkylation sites (tertiary alicyclic amines) is 1. The van der Waals surface area contributed by atoms with Crippen LogP contribution in [0, 0.1) is 5.92 Å². The second-order valence-electron chi connectivity index (χ2n) is 5.70. The Morgan fingerprint density at radius 3 is 2.80 bits per heavy atom. The SMILES string of the molecule is O=C1CCCN1Cc1nnc(SCC2CCCCC2)o1. The van der Waals surface area contributed by atoms with E-state index in [2.05, 4.69) is 10.2 Å². The minimum absolute atomic E-state index is 0.194. The molecule has 110 valence electrons. The Kier molecular flexibility index (Phi) is 4.60. The molecule has 0 spiro atoms. The summed E-state index contributed by atoms with van der Waals surface area (Å²) in [4.78, 5) is 13.3. The van der Waals surface area contributed by atoms with E-state index in [4.69, 9.17) is 4.42 Å². The van der Waals surface area contributed by atoms with Crippen molar-refractivity contribution in [3.8, 4) is 0 Å². The molecule has 0 bridgehead atoms. The molecular formula is C14H21N3O2S. The highest BCUT2D eigenvalue weighted by atomic mass is 32.2. The number of hydrogen-bond donors (Lipinski definition) is 0. The van der Waals surface area contributed by atoms with Gasteiger partial charge in [-0.05, 0) is 25.2 Å².